The van der Waals surface area contributed by atoms with Gasteiger partial charge >= 0.3 is 11.9 Å². The summed E-state index contributed by atoms with van der Waals surface area (Å²) in [5.74, 6) is -1.82. The van der Waals surface area contributed by atoms with Crippen molar-refractivity contribution in [3.63, 3.8) is 0 Å². The van der Waals surface area contributed by atoms with Crippen molar-refractivity contribution in [2.45, 2.75) is 19.4 Å². The minimum atomic E-state index is -1.35. The molecule has 4 nitrogen and oxygen atoms in total. The van der Waals surface area contributed by atoms with Crippen LogP contribution in [-0.2, 0) is 20.7 Å². The molecule has 0 fully saturated rings. The molecule has 1 atom stereocenters. The van der Waals surface area contributed by atoms with E-state index in [9.17, 15) is 9.59 Å². The third-order valence-corrected chi connectivity index (χ3v) is 2.65. The van der Waals surface area contributed by atoms with Crippen molar-refractivity contribution in [1.82, 2.24) is 0 Å². The molecule has 0 aliphatic heterocycles. The van der Waals surface area contributed by atoms with Crippen molar-refractivity contribution in [3.05, 3.63) is 33.8 Å². The summed E-state index contributed by atoms with van der Waals surface area (Å²) in [7, 11) is 0. The Balaban J connectivity index is 2.72. The standard InChI is InChI=1S/C11H10Cl2O4/c1-6(14)11(16)17-10(15)5-7-8(12)3-2-4-9(7)13/h2-4,6,14H,5H2,1H3. The number of aliphatic hydroxyl groups is 1. The highest BCUT2D eigenvalue weighted by atomic mass is 35.5. The van der Waals surface area contributed by atoms with Crippen LogP contribution in [0.5, 0.6) is 0 Å². The van der Waals surface area contributed by atoms with Crippen LogP contribution in [0.3, 0.4) is 0 Å². The number of carbonyl (C=O) groups is 2. The third-order valence-electron chi connectivity index (χ3n) is 1.94. The van der Waals surface area contributed by atoms with E-state index in [-0.39, 0.29) is 6.42 Å². The summed E-state index contributed by atoms with van der Waals surface area (Å²) >= 11 is 11.7. The first-order valence-corrected chi connectivity index (χ1v) is 5.53. The van der Waals surface area contributed by atoms with Crippen molar-refractivity contribution in [2.75, 3.05) is 0 Å². The molecule has 0 radical (unpaired) electrons. The van der Waals surface area contributed by atoms with Gasteiger partial charge in [0.1, 0.15) is 6.10 Å². The molecular formula is C11H10Cl2O4. The summed E-state index contributed by atoms with van der Waals surface area (Å²) in [6.45, 7) is 1.21. The zero-order valence-corrected chi connectivity index (χ0v) is 10.5. The molecule has 1 aromatic rings. The molecule has 0 spiro atoms. The van der Waals surface area contributed by atoms with Crippen LogP contribution >= 0.6 is 23.2 Å². The summed E-state index contributed by atoms with van der Waals surface area (Å²) in [5, 5.41) is 9.50. The number of esters is 2. The Bertz CT molecular complexity index is 423. The molecule has 0 aliphatic rings. The highest BCUT2D eigenvalue weighted by molar-refractivity contribution is 6.36. The molecule has 0 bridgehead atoms. The Kier molecular flexibility index (Phi) is 4.93. The number of hydrogen-bond acceptors (Lipinski definition) is 4. The first kappa shape index (κ1) is 14.0. The summed E-state index contributed by atoms with van der Waals surface area (Å²) in [5.41, 5.74) is 0.388. The normalized spacial score (nSPS) is 12.0. The number of rotatable bonds is 3. The topological polar surface area (TPSA) is 63.6 Å². The zero-order chi connectivity index (χ0) is 13.0. The fraction of sp³-hybridized carbons (Fsp3) is 0.273. The molecule has 0 heterocycles. The SMILES string of the molecule is CC(O)C(=O)OC(=O)Cc1c(Cl)cccc1Cl. The maximum absolute atomic E-state index is 11.4. The quantitative estimate of drug-likeness (QED) is 0.677. The maximum Gasteiger partial charge on any atom is 0.342 e. The van der Waals surface area contributed by atoms with E-state index in [1.165, 1.54) is 6.92 Å². The largest absolute Gasteiger partial charge is 0.391 e. The zero-order valence-electron chi connectivity index (χ0n) is 8.94. The summed E-state index contributed by atoms with van der Waals surface area (Å²) in [6.07, 6.45) is -1.57. The molecule has 6 heteroatoms. The predicted octanol–water partition coefficient (Wildman–Crippen LogP) is 1.99. The lowest BCUT2D eigenvalue weighted by atomic mass is 10.1. The van der Waals surface area contributed by atoms with Gasteiger partial charge in [0.25, 0.3) is 0 Å². The molecule has 1 aromatic carbocycles. The van der Waals surface area contributed by atoms with Gasteiger partial charge in [-0.25, -0.2) is 4.79 Å². The van der Waals surface area contributed by atoms with Gasteiger partial charge in [0, 0.05) is 15.6 Å². The van der Waals surface area contributed by atoms with Crippen LogP contribution in [0.25, 0.3) is 0 Å². The van der Waals surface area contributed by atoms with Gasteiger partial charge in [0.15, 0.2) is 0 Å². The van der Waals surface area contributed by atoms with Crippen LogP contribution in [0.4, 0.5) is 0 Å². The second kappa shape index (κ2) is 6.00. The Morgan fingerprint density at radius 2 is 1.88 bits per heavy atom. The Morgan fingerprint density at radius 3 is 2.35 bits per heavy atom. The van der Waals surface area contributed by atoms with Crippen molar-refractivity contribution in [3.8, 4) is 0 Å². The highest BCUT2D eigenvalue weighted by Gasteiger charge is 2.18. The van der Waals surface area contributed by atoms with Gasteiger partial charge in [0.2, 0.25) is 0 Å². The molecule has 0 aliphatic carbocycles. The lowest BCUT2D eigenvalue weighted by Crippen LogP contribution is -2.23. The fourth-order valence-electron chi connectivity index (χ4n) is 1.08. The number of halogens is 2. The first-order chi connectivity index (χ1) is 7.91. The van der Waals surface area contributed by atoms with Gasteiger partial charge in [0.05, 0.1) is 6.42 Å². The molecule has 1 unspecified atom stereocenters. The van der Waals surface area contributed by atoms with Crippen LogP contribution in [0, 0.1) is 0 Å². The van der Waals surface area contributed by atoms with Gasteiger partial charge < -0.3 is 9.84 Å². The smallest absolute Gasteiger partial charge is 0.342 e. The number of aliphatic hydroxyl groups excluding tert-OH is 1. The minimum absolute atomic E-state index is 0.225. The highest BCUT2D eigenvalue weighted by Crippen LogP contribution is 2.24. The van der Waals surface area contributed by atoms with Crippen LogP contribution < -0.4 is 0 Å². The van der Waals surface area contributed by atoms with Gasteiger partial charge in [-0.05, 0) is 19.1 Å². The monoisotopic (exact) mass is 276 g/mol. The van der Waals surface area contributed by atoms with Crippen LogP contribution in [0.2, 0.25) is 10.0 Å². The second-order valence-electron chi connectivity index (χ2n) is 3.35. The number of hydrogen-bond donors (Lipinski definition) is 1. The lowest BCUT2D eigenvalue weighted by Gasteiger charge is -2.07. The molecule has 0 saturated carbocycles. The van der Waals surface area contributed by atoms with Crippen molar-refractivity contribution in [2.24, 2.45) is 0 Å². The average molecular weight is 277 g/mol. The van der Waals surface area contributed by atoms with E-state index in [2.05, 4.69) is 4.74 Å². The molecular weight excluding hydrogens is 267 g/mol. The molecule has 17 heavy (non-hydrogen) atoms. The van der Waals surface area contributed by atoms with Crippen molar-refractivity contribution in [1.29, 1.82) is 0 Å². The van der Waals surface area contributed by atoms with Crippen molar-refractivity contribution < 1.29 is 19.4 Å². The van der Waals surface area contributed by atoms with Crippen molar-refractivity contribution >= 4 is 35.1 Å². The molecule has 1 rings (SSSR count). The third kappa shape index (κ3) is 4.00. The average Bonchev–Trinajstić information content (AvgIpc) is 2.23. The Morgan fingerprint density at radius 1 is 1.35 bits per heavy atom. The minimum Gasteiger partial charge on any atom is -0.391 e. The van der Waals surface area contributed by atoms with Gasteiger partial charge in [-0.15, -0.1) is 0 Å². The summed E-state index contributed by atoms with van der Waals surface area (Å²) < 4.78 is 4.38. The molecule has 1 N–H and O–H groups in total. The summed E-state index contributed by atoms with van der Waals surface area (Å²) in [4.78, 5) is 22.3. The van der Waals surface area contributed by atoms with E-state index in [0.29, 0.717) is 15.6 Å². The van der Waals surface area contributed by atoms with Gasteiger partial charge in [-0.3, -0.25) is 4.79 Å². The molecule has 92 valence electrons. The fourth-order valence-corrected chi connectivity index (χ4v) is 1.61. The van der Waals surface area contributed by atoms with Gasteiger partial charge in [-0.1, -0.05) is 29.3 Å². The first-order valence-electron chi connectivity index (χ1n) is 4.77. The van der Waals surface area contributed by atoms with Crippen LogP contribution in [0.1, 0.15) is 12.5 Å². The molecule has 0 aromatic heterocycles. The van der Waals surface area contributed by atoms with Crippen LogP contribution in [-0.4, -0.2) is 23.1 Å². The van der Waals surface area contributed by atoms with E-state index < -0.39 is 18.0 Å². The predicted molar refractivity (Wildman–Crippen MR) is 62.9 cm³/mol. The number of ether oxygens (including phenoxy) is 1. The molecule has 0 amide bonds. The molecule has 0 saturated heterocycles. The van der Waals surface area contributed by atoms with Crippen LogP contribution in [0.15, 0.2) is 18.2 Å². The second-order valence-corrected chi connectivity index (χ2v) is 4.16. The van der Waals surface area contributed by atoms with E-state index in [1.54, 1.807) is 18.2 Å². The van der Waals surface area contributed by atoms with E-state index >= 15 is 0 Å². The maximum atomic E-state index is 11.4. The van der Waals surface area contributed by atoms with E-state index in [0.717, 1.165) is 0 Å². The van der Waals surface area contributed by atoms with E-state index in [4.69, 9.17) is 28.3 Å². The lowest BCUT2D eigenvalue weighted by molar-refractivity contribution is -0.164. The van der Waals surface area contributed by atoms with E-state index in [1.807, 2.05) is 0 Å². The van der Waals surface area contributed by atoms with Gasteiger partial charge in [-0.2, -0.15) is 0 Å². The summed E-state index contributed by atoms with van der Waals surface area (Å²) in [6, 6.07) is 4.79. The Labute approximate surface area is 108 Å². The number of benzene rings is 1. The Hall–Kier alpha value is -1.10. The number of carbonyl (C=O) groups excluding carboxylic acids is 2.